The number of rotatable bonds is 9. The molecule has 1 atom stereocenters. The Kier molecular flexibility index (Phi) is 17.9. The van der Waals surface area contributed by atoms with Crippen molar-refractivity contribution in [2.75, 3.05) is 19.6 Å². The standard InChI is InChI=1S/C15H25N3O2.C15H24O.C3H6/c1-2-17-13-6-4-3-5-12(13)14(16)15(20)18-9-7-11(19)8-10-18;1-4-6-11-14(9-5-2)16-15-12-8-7-10-13(15)3;1-3-2/h11,19H,2-10,16H2,1H3;7-8,10,12,14H,4-6,9,11H2,1-3H3;3H,1H2,2H3/b14-12-,17-13?;;. The molecule has 220 valence electrons. The third-order valence-electron chi connectivity index (χ3n) is 6.97. The van der Waals surface area contributed by atoms with Gasteiger partial charge in [0.05, 0.1) is 12.2 Å². The third kappa shape index (κ3) is 12.9. The Balaban J connectivity index is 0.000000362. The molecule has 1 aromatic rings. The third-order valence-corrected chi connectivity index (χ3v) is 6.97. The lowest BCUT2D eigenvalue weighted by Gasteiger charge is -2.30. The van der Waals surface area contributed by atoms with Gasteiger partial charge in [0.25, 0.3) is 5.91 Å². The summed E-state index contributed by atoms with van der Waals surface area (Å²) in [7, 11) is 0. The number of aliphatic hydroxyl groups excluding tert-OH is 1. The number of aryl methyl sites for hydroxylation is 1. The Bertz CT molecular complexity index is 901. The van der Waals surface area contributed by atoms with E-state index in [0.717, 1.165) is 55.7 Å². The van der Waals surface area contributed by atoms with E-state index in [9.17, 15) is 9.90 Å². The monoisotopic (exact) mass is 541 g/mol. The molecule has 1 amide bonds. The zero-order valence-electron chi connectivity index (χ0n) is 25.4. The fourth-order valence-electron chi connectivity index (χ4n) is 4.80. The van der Waals surface area contributed by atoms with Crippen LogP contribution in [0.1, 0.15) is 104 Å². The summed E-state index contributed by atoms with van der Waals surface area (Å²) in [4.78, 5) is 18.7. The number of benzene rings is 1. The van der Waals surface area contributed by atoms with Gasteiger partial charge in [-0.1, -0.05) is 57.4 Å². The molecule has 0 spiro atoms. The highest BCUT2D eigenvalue weighted by Crippen LogP contribution is 2.24. The molecule has 1 saturated carbocycles. The van der Waals surface area contributed by atoms with E-state index in [0.29, 0.717) is 37.7 Å². The molecule has 6 heteroatoms. The van der Waals surface area contributed by atoms with Gasteiger partial charge in [-0.05, 0) is 83.8 Å². The predicted molar refractivity (Wildman–Crippen MR) is 165 cm³/mol. The lowest BCUT2D eigenvalue weighted by molar-refractivity contribution is -0.129. The van der Waals surface area contributed by atoms with E-state index in [4.69, 9.17) is 10.5 Å². The summed E-state index contributed by atoms with van der Waals surface area (Å²) in [5.41, 5.74) is 9.70. The van der Waals surface area contributed by atoms with Crippen LogP contribution in [0.4, 0.5) is 0 Å². The highest BCUT2D eigenvalue weighted by Gasteiger charge is 2.26. The normalized spacial score (nSPS) is 18.7. The van der Waals surface area contributed by atoms with E-state index < -0.39 is 0 Å². The van der Waals surface area contributed by atoms with E-state index in [1.54, 1.807) is 11.0 Å². The quantitative estimate of drug-likeness (QED) is 0.257. The number of allylic oxidation sites excluding steroid dienone is 2. The van der Waals surface area contributed by atoms with Crippen molar-refractivity contribution in [2.45, 2.75) is 117 Å². The van der Waals surface area contributed by atoms with Gasteiger partial charge < -0.3 is 20.5 Å². The summed E-state index contributed by atoms with van der Waals surface area (Å²) in [6, 6.07) is 8.29. The van der Waals surface area contributed by atoms with Crippen LogP contribution < -0.4 is 10.5 Å². The van der Waals surface area contributed by atoms with Crippen LogP contribution in [0.25, 0.3) is 0 Å². The summed E-state index contributed by atoms with van der Waals surface area (Å²) >= 11 is 0. The van der Waals surface area contributed by atoms with E-state index in [1.165, 1.54) is 31.2 Å². The van der Waals surface area contributed by atoms with Gasteiger partial charge in [-0.3, -0.25) is 9.79 Å². The van der Waals surface area contributed by atoms with Crippen molar-refractivity contribution in [2.24, 2.45) is 10.7 Å². The number of hydrogen-bond donors (Lipinski definition) is 2. The fourth-order valence-corrected chi connectivity index (χ4v) is 4.80. The molecule has 1 heterocycles. The van der Waals surface area contributed by atoms with Crippen LogP contribution in [-0.2, 0) is 4.79 Å². The average Bonchev–Trinajstić information content (AvgIpc) is 2.94. The summed E-state index contributed by atoms with van der Waals surface area (Å²) in [5.74, 6) is 0.967. The maximum Gasteiger partial charge on any atom is 0.270 e. The molecule has 0 bridgehead atoms. The Morgan fingerprint density at radius 2 is 1.79 bits per heavy atom. The number of nitrogens with zero attached hydrogens (tertiary/aromatic N) is 2. The van der Waals surface area contributed by atoms with Crippen LogP contribution >= 0.6 is 0 Å². The van der Waals surface area contributed by atoms with E-state index in [-0.39, 0.29) is 12.0 Å². The summed E-state index contributed by atoms with van der Waals surface area (Å²) < 4.78 is 6.09. The van der Waals surface area contributed by atoms with Gasteiger partial charge >= 0.3 is 0 Å². The number of carbonyl (C=O) groups excluding carboxylic acids is 1. The van der Waals surface area contributed by atoms with Crippen LogP contribution in [-0.4, -0.2) is 53.5 Å². The Morgan fingerprint density at radius 3 is 2.38 bits per heavy atom. The van der Waals surface area contributed by atoms with Gasteiger partial charge in [-0.2, -0.15) is 0 Å². The first-order chi connectivity index (χ1) is 18.8. The van der Waals surface area contributed by atoms with Crippen molar-refractivity contribution in [3.63, 3.8) is 0 Å². The summed E-state index contributed by atoms with van der Waals surface area (Å²) in [6.07, 6.45) is 13.2. The van der Waals surface area contributed by atoms with Gasteiger partial charge in [0.1, 0.15) is 11.4 Å². The van der Waals surface area contributed by atoms with Crippen molar-refractivity contribution < 1.29 is 14.6 Å². The van der Waals surface area contributed by atoms with Crippen molar-refractivity contribution in [1.82, 2.24) is 4.90 Å². The molecule has 6 nitrogen and oxygen atoms in total. The molecule has 1 saturated heterocycles. The van der Waals surface area contributed by atoms with Crippen LogP contribution in [0.15, 0.2) is 53.2 Å². The van der Waals surface area contributed by atoms with E-state index >= 15 is 0 Å². The van der Waals surface area contributed by atoms with E-state index in [1.807, 2.05) is 19.9 Å². The molecule has 2 fully saturated rings. The zero-order chi connectivity index (χ0) is 29.0. The average molecular weight is 542 g/mol. The van der Waals surface area contributed by atoms with Gasteiger partial charge in [-0.15, -0.1) is 6.58 Å². The Morgan fingerprint density at radius 1 is 1.15 bits per heavy atom. The first-order valence-electron chi connectivity index (χ1n) is 15.1. The molecule has 1 aromatic carbocycles. The van der Waals surface area contributed by atoms with Crippen LogP contribution in [0, 0.1) is 6.92 Å². The van der Waals surface area contributed by atoms with Gasteiger partial charge in [-0.25, -0.2) is 0 Å². The molecular weight excluding hydrogens is 486 g/mol. The number of para-hydroxylation sites is 1. The summed E-state index contributed by atoms with van der Waals surface area (Å²) in [6.45, 7) is 15.7. The number of aliphatic imine (C=N–C) groups is 1. The maximum atomic E-state index is 12.5. The lowest BCUT2D eigenvalue weighted by atomic mass is 9.90. The second-order valence-electron chi connectivity index (χ2n) is 10.4. The maximum absolute atomic E-state index is 12.5. The van der Waals surface area contributed by atoms with Crippen LogP contribution in [0.3, 0.4) is 0 Å². The number of amides is 1. The molecule has 1 unspecified atom stereocenters. The predicted octanol–water partition coefficient (Wildman–Crippen LogP) is 7.14. The minimum absolute atomic E-state index is 0.0856. The van der Waals surface area contributed by atoms with Crippen molar-refractivity contribution in [3.8, 4) is 5.75 Å². The number of ether oxygens (including phenoxy) is 1. The van der Waals surface area contributed by atoms with Crippen LogP contribution in [0.5, 0.6) is 5.75 Å². The van der Waals surface area contributed by atoms with Crippen molar-refractivity contribution in [1.29, 1.82) is 0 Å². The number of likely N-dealkylation sites (tertiary alicyclic amines) is 1. The lowest BCUT2D eigenvalue weighted by Crippen LogP contribution is -2.42. The number of piperidine rings is 1. The highest BCUT2D eigenvalue weighted by atomic mass is 16.5. The largest absolute Gasteiger partial charge is 0.490 e. The Hall–Kier alpha value is -2.60. The van der Waals surface area contributed by atoms with Gasteiger partial charge in [0, 0.05) is 30.9 Å². The first kappa shape index (κ1) is 34.4. The van der Waals surface area contributed by atoms with Crippen molar-refractivity contribution in [3.05, 3.63) is 53.8 Å². The minimum Gasteiger partial charge on any atom is -0.490 e. The van der Waals surface area contributed by atoms with Crippen LogP contribution in [0.2, 0.25) is 0 Å². The number of unbranched alkanes of at least 4 members (excludes halogenated alkanes) is 1. The Labute approximate surface area is 238 Å². The van der Waals surface area contributed by atoms with Gasteiger partial charge in [0.15, 0.2) is 0 Å². The molecule has 3 N–H and O–H groups in total. The zero-order valence-corrected chi connectivity index (χ0v) is 25.4. The number of aliphatic hydroxyl groups is 1. The molecule has 2 aliphatic rings. The molecular formula is C33H55N3O3. The fraction of sp³-hybridized carbons (Fsp3) is 0.636. The molecule has 3 rings (SSSR count). The second kappa shape index (κ2) is 20.3. The molecule has 1 aliphatic heterocycles. The van der Waals surface area contributed by atoms with E-state index in [2.05, 4.69) is 50.5 Å². The number of hydrogen-bond acceptors (Lipinski definition) is 5. The molecule has 0 aromatic heterocycles. The first-order valence-corrected chi connectivity index (χ1v) is 15.1. The topological polar surface area (TPSA) is 88.2 Å². The SMILES string of the molecule is C=CC.CCCCC(CCC)Oc1ccccc1C.CCN=C1CCCC/C1=C(/N)C(=O)N1CCC(O)CC1. The highest BCUT2D eigenvalue weighted by molar-refractivity contribution is 6.08. The number of nitrogens with two attached hydrogens (primary N) is 1. The second-order valence-corrected chi connectivity index (χ2v) is 10.4. The minimum atomic E-state index is -0.278. The molecule has 1 aliphatic carbocycles. The van der Waals surface area contributed by atoms with Gasteiger partial charge in [0.2, 0.25) is 0 Å². The number of carbonyl (C=O) groups is 1. The summed E-state index contributed by atoms with van der Waals surface area (Å²) in [5, 5.41) is 9.51. The molecule has 0 radical (unpaired) electrons. The van der Waals surface area contributed by atoms with Crippen molar-refractivity contribution >= 4 is 11.6 Å². The smallest absolute Gasteiger partial charge is 0.270 e. The molecule has 39 heavy (non-hydrogen) atoms.